The molecule has 0 saturated carbocycles. The van der Waals surface area contributed by atoms with Crippen molar-refractivity contribution < 1.29 is 9.18 Å². The molecule has 0 bridgehead atoms. The van der Waals surface area contributed by atoms with E-state index in [1.165, 1.54) is 11.6 Å². The first-order valence-corrected chi connectivity index (χ1v) is 9.28. The van der Waals surface area contributed by atoms with E-state index >= 15 is 0 Å². The lowest BCUT2D eigenvalue weighted by atomic mass is 10.1. The van der Waals surface area contributed by atoms with Crippen LogP contribution in [0.2, 0.25) is 0 Å². The van der Waals surface area contributed by atoms with E-state index in [2.05, 4.69) is 22.4 Å². The molecule has 134 valence electrons. The van der Waals surface area contributed by atoms with Crippen LogP contribution in [0.1, 0.15) is 45.0 Å². The van der Waals surface area contributed by atoms with Crippen LogP contribution in [0.25, 0.3) is 10.6 Å². The first-order valence-electron chi connectivity index (χ1n) is 8.46. The highest BCUT2D eigenvalue weighted by molar-refractivity contribution is 7.15. The minimum absolute atomic E-state index is 0.0674. The summed E-state index contributed by atoms with van der Waals surface area (Å²) in [7, 11) is 0. The van der Waals surface area contributed by atoms with E-state index < -0.39 is 11.7 Å². The number of nitrogens with zero attached hydrogens (tertiary/aromatic N) is 1. The zero-order valence-electron chi connectivity index (χ0n) is 15.3. The molecule has 3 aromatic rings. The van der Waals surface area contributed by atoms with Crippen molar-refractivity contribution in [2.24, 2.45) is 0 Å². The number of halogens is 1. The lowest BCUT2D eigenvalue weighted by molar-refractivity contribution is 0.0936. The predicted octanol–water partition coefficient (Wildman–Crippen LogP) is 5.37. The van der Waals surface area contributed by atoms with Gasteiger partial charge in [0.1, 0.15) is 10.8 Å². The van der Waals surface area contributed by atoms with Gasteiger partial charge < -0.3 is 5.32 Å². The molecule has 0 aliphatic heterocycles. The third-order valence-corrected chi connectivity index (χ3v) is 5.63. The van der Waals surface area contributed by atoms with Gasteiger partial charge in [-0.25, -0.2) is 9.37 Å². The van der Waals surface area contributed by atoms with Gasteiger partial charge in [-0.05, 0) is 39.8 Å². The molecule has 1 atom stereocenters. The average Bonchev–Trinajstić information content (AvgIpc) is 2.99. The van der Waals surface area contributed by atoms with Crippen LogP contribution in [0.3, 0.4) is 0 Å². The number of nitrogens with one attached hydrogen (secondary N) is 1. The Morgan fingerprint density at radius 3 is 2.42 bits per heavy atom. The Labute approximate surface area is 156 Å². The Balaban J connectivity index is 1.82. The van der Waals surface area contributed by atoms with E-state index in [1.54, 1.807) is 23.5 Å². The van der Waals surface area contributed by atoms with Gasteiger partial charge in [0.15, 0.2) is 0 Å². The molecule has 1 unspecified atom stereocenters. The predicted molar refractivity (Wildman–Crippen MR) is 104 cm³/mol. The number of amides is 1. The average molecular weight is 368 g/mol. The molecule has 0 aliphatic rings. The molecular formula is C21H21FN2OS. The van der Waals surface area contributed by atoms with Gasteiger partial charge >= 0.3 is 0 Å². The summed E-state index contributed by atoms with van der Waals surface area (Å²) in [6, 6.07) is 12.5. The van der Waals surface area contributed by atoms with Gasteiger partial charge in [0.05, 0.1) is 22.2 Å². The molecule has 0 aliphatic carbocycles. The molecule has 1 aromatic heterocycles. The second-order valence-electron chi connectivity index (χ2n) is 6.51. The fourth-order valence-corrected chi connectivity index (χ4v) is 3.86. The zero-order valence-corrected chi connectivity index (χ0v) is 16.1. The highest BCUT2D eigenvalue weighted by atomic mass is 32.1. The number of hydrogen-bond donors (Lipinski definition) is 1. The van der Waals surface area contributed by atoms with Crippen LogP contribution >= 0.6 is 11.3 Å². The van der Waals surface area contributed by atoms with Crippen LogP contribution in [-0.2, 0) is 0 Å². The summed E-state index contributed by atoms with van der Waals surface area (Å²) in [5.74, 6) is -0.926. The summed E-state index contributed by atoms with van der Waals surface area (Å²) >= 11 is 1.55. The zero-order chi connectivity index (χ0) is 18.8. The summed E-state index contributed by atoms with van der Waals surface area (Å²) in [5.41, 5.74) is 4.04. The standard InChI is InChI=1S/C21H21FN2OS/c1-12-5-8-16(9-6-12)21-24-15(4)19(26-21)14(3)23-20(25)17-11-13(2)7-10-18(17)22/h5-11,14H,1-4H3,(H,23,25). The van der Waals surface area contributed by atoms with Gasteiger partial charge in [-0.1, -0.05) is 41.5 Å². The van der Waals surface area contributed by atoms with Crippen LogP contribution in [0.15, 0.2) is 42.5 Å². The molecule has 0 spiro atoms. The van der Waals surface area contributed by atoms with Crippen LogP contribution in [0, 0.1) is 26.6 Å². The summed E-state index contributed by atoms with van der Waals surface area (Å²) in [5, 5.41) is 3.80. The third-order valence-electron chi connectivity index (χ3n) is 4.24. The van der Waals surface area contributed by atoms with E-state index in [-0.39, 0.29) is 11.6 Å². The largest absolute Gasteiger partial charge is 0.345 e. The Hall–Kier alpha value is -2.53. The Morgan fingerprint density at radius 2 is 1.73 bits per heavy atom. The molecule has 0 saturated heterocycles. The second kappa shape index (κ2) is 7.38. The molecule has 3 nitrogen and oxygen atoms in total. The Morgan fingerprint density at radius 1 is 1.08 bits per heavy atom. The summed E-state index contributed by atoms with van der Waals surface area (Å²) in [6.45, 7) is 7.70. The number of thiazole rings is 1. The highest BCUT2D eigenvalue weighted by Crippen LogP contribution is 2.32. The van der Waals surface area contributed by atoms with Gasteiger partial charge in [0.25, 0.3) is 5.91 Å². The lowest BCUT2D eigenvalue weighted by Crippen LogP contribution is -2.27. The molecule has 26 heavy (non-hydrogen) atoms. The van der Waals surface area contributed by atoms with E-state index in [1.807, 2.05) is 39.8 Å². The van der Waals surface area contributed by atoms with Crippen molar-refractivity contribution >= 4 is 17.2 Å². The van der Waals surface area contributed by atoms with Crippen LogP contribution in [0.4, 0.5) is 4.39 Å². The normalized spacial score (nSPS) is 12.0. The maximum absolute atomic E-state index is 13.9. The highest BCUT2D eigenvalue weighted by Gasteiger charge is 2.19. The molecule has 0 fully saturated rings. The van der Waals surface area contributed by atoms with Gasteiger partial charge in [-0.3, -0.25) is 4.79 Å². The van der Waals surface area contributed by atoms with Gasteiger partial charge in [-0.2, -0.15) is 0 Å². The summed E-state index contributed by atoms with van der Waals surface area (Å²) in [6.07, 6.45) is 0. The van der Waals surface area contributed by atoms with Crippen LogP contribution in [0.5, 0.6) is 0 Å². The smallest absolute Gasteiger partial charge is 0.254 e. The van der Waals surface area contributed by atoms with Crippen molar-refractivity contribution in [1.29, 1.82) is 0 Å². The van der Waals surface area contributed by atoms with Crippen molar-refractivity contribution in [2.45, 2.75) is 33.7 Å². The van der Waals surface area contributed by atoms with E-state index in [9.17, 15) is 9.18 Å². The number of carbonyl (C=O) groups is 1. The first-order chi connectivity index (χ1) is 12.3. The van der Waals surface area contributed by atoms with Crippen molar-refractivity contribution in [1.82, 2.24) is 10.3 Å². The molecule has 3 rings (SSSR count). The summed E-state index contributed by atoms with van der Waals surface area (Å²) < 4.78 is 13.9. The van der Waals surface area contributed by atoms with E-state index in [4.69, 9.17) is 0 Å². The quantitative estimate of drug-likeness (QED) is 0.673. The molecule has 1 amide bonds. The number of carbonyl (C=O) groups excluding carboxylic acids is 1. The minimum atomic E-state index is -0.512. The molecule has 5 heteroatoms. The number of benzene rings is 2. The SMILES string of the molecule is Cc1ccc(-c2nc(C)c(C(C)NC(=O)c3cc(C)ccc3F)s2)cc1. The molecule has 2 aromatic carbocycles. The third kappa shape index (κ3) is 3.83. The van der Waals surface area contributed by atoms with Gasteiger partial charge in [0.2, 0.25) is 0 Å². The second-order valence-corrected chi connectivity index (χ2v) is 7.54. The number of aryl methyl sites for hydroxylation is 3. The molecule has 0 radical (unpaired) electrons. The van der Waals surface area contributed by atoms with Crippen LogP contribution < -0.4 is 5.32 Å². The minimum Gasteiger partial charge on any atom is -0.345 e. The maximum atomic E-state index is 13.9. The van der Waals surface area contributed by atoms with Crippen molar-refractivity contribution in [3.05, 3.63) is 75.5 Å². The van der Waals surface area contributed by atoms with Gasteiger partial charge in [-0.15, -0.1) is 11.3 Å². The van der Waals surface area contributed by atoms with Crippen molar-refractivity contribution in [2.75, 3.05) is 0 Å². The van der Waals surface area contributed by atoms with Crippen LogP contribution in [-0.4, -0.2) is 10.9 Å². The first kappa shape index (κ1) is 18.3. The molecule has 1 heterocycles. The Bertz CT molecular complexity index is 947. The Kier molecular flexibility index (Phi) is 5.18. The summed E-state index contributed by atoms with van der Waals surface area (Å²) in [4.78, 5) is 18.1. The van der Waals surface area contributed by atoms with Crippen molar-refractivity contribution in [3.8, 4) is 10.6 Å². The van der Waals surface area contributed by atoms with Gasteiger partial charge in [0, 0.05) is 5.56 Å². The maximum Gasteiger partial charge on any atom is 0.254 e. The molecular weight excluding hydrogens is 347 g/mol. The van der Waals surface area contributed by atoms with E-state index in [0.717, 1.165) is 26.7 Å². The fourth-order valence-electron chi connectivity index (χ4n) is 2.78. The number of hydrogen-bond acceptors (Lipinski definition) is 3. The van der Waals surface area contributed by atoms with Crippen molar-refractivity contribution in [3.63, 3.8) is 0 Å². The monoisotopic (exact) mass is 368 g/mol. The fraction of sp³-hybridized carbons (Fsp3) is 0.238. The lowest BCUT2D eigenvalue weighted by Gasteiger charge is -2.13. The molecule has 1 N–H and O–H groups in total. The topological polar surface area (TPSA) is 42.0 Å². The van der Waals surface area contributed by atoms with E-state index in [0.29, 0.717) is 0 Å². The number of aromatic nitrogens is 1. The number of rotatable bonds is 4.